The van der Waals surface area contributed by atoms with Crippen LogP contribution in [0.15, 0.2) is 47.6 Å². The molecule has 0 aliphatic heterocycles. The summed E-state index contributed by atoms with van der Waals surface area (Å²) in [7, 11) is 0. The second-order valence-corrected chi connectivity index (χ2v) is 4.17. The number of hydrogen-bond acceptors (Lipinski definition) is 0. The van der Waals surface area contributed by atoms with E-state index in [0.717, 1.165) is 10.4 Å². The van der Waals surface area contributed by atoms with E-state index < -0.39 is 0 Å². The summed E-state index contributed by atoms with van der Waals surface area (Å²) in [4.78, 5) is 0. The first kappa shape index (κ1) is 20.8. The van der Waals surface area contributed by atoms with Gasteiger partial charge in [-0.05, 0) is 37.1 Å². The van der Waals surface area contributed by atoms with E-state index in [1.54, 1.807) is 5.57 Å². The lowest BCUT2D eigenvalue weighted by Gasteiger charge is -2.06. The van der Waals surface area contributed by atoms with Gasteiger partial charge in [0.15, 0.2) is 0 Å². The van der Waals surface area contributed by atoms with Gasteiger partial charge in [-0.3, -0.25) is 0 Å². The fraction of sp³-hybridized carbons (Fsp3) is 0.400. The predicted molar refractivity (Wildman–Crippen MR) is 96.2 cm³/mol. The van der Waals surface area contributed by atoms with Crippen molar-refractivity contribution in [2.45, 2.75) is 54.4 Å². The van der Waals surface area contributed by atoms with Gasteiger partial charge in [0, 0.05) is 0 Å². The minimum atomic E-state index is 1.01. The van der Waals surface area contributed by atoms with Gasteiger partial charge in [-0.15, -0.1) is 0 Å². The Hall–Kier alpha value is -1.56. The summed E-state index contributed by atoms with van der Waals surface area (Å²) >= 11 is 0. The highest BCUT2D eigenvalue weighted by molar-refractivity contribution is 5.25. The van der Waals surface area contributed by atoms with E-state index in [1.165, 1.54) is 18.4 Å². The van der Waals surface area contributed by atoms with Crippen molar-refractivity contribution in [2.75, 3.05) is 0 Å². The van der Waals surface area contributed by atoms with E-state index in [9.17, 15) is 0 Å². The molecule has 0 spiro atoms. The molecule has 0 unspecified atom stereocenters. The minimum Gasteiger partial charge on any atom is -0.0912 e. The van der Waals surface area contributed by atoms with Gasteiger partial charge in [-0.25, -0.2) is 0 Å². The molecule has 0 radical (unpaired) electrons. The monoisotopic (exact) mass is 272 g/mol. The lowest BCUT2D eigenvalue weighted by molar-refractivity contribution is 0.939. The zero-order chi connectivity index (χ0) is 16.0. The smallest absolute Gasteiger partial charge is 0.0262 e. The van der Waals surface area contributed by atoms with Crippen molar-refractivity contribution in [1.29, 1.82) is 0 Å². The molecule has 0 amide bonds. The van der Waals surface area contributed by atoms with Gasteiger partial charge in [-0.1, -0.05) is 88.4 Å². The van der Waals surface area contributed by atoms with Crippen LogP contribution in [0, 0.1) is 0 Å². The zero-order valence-electron chi connectivity index (χ0n) is 14.3. The van der Waals surface area contributed by atoms with Crippen LogP contribution >= 0.6 is 0 Å². The van der Waals surface area contributed by atoms with Crippen molar-refractivity contribution in [3.05, 3.63) is 58.0 Å². The average molecular weight is 272 g/mol. The Morgan fingerprint density at radius 1 is 0.850 bits per heavy atom. The maximum absolute atomic E-state index is 3.76. The average Bonchev–Trinajstić information content (AvgIpc) is 2.50. The molecule has 0 nitrogen and oxygen atoms in total. The summed E-state index contributed by atoms with van der Waals surface area (Å²) in [5.41, 5.74) is 3.00. The van der Waals surface area contributed by atoms with E-state index in [0.29, 0.717) is 0 Å². The van der Waals surface area contributed by atoms with Crippen molar-refractivity contribution in [3.63, 3.8) is 0 Å². The van der Waals surface area contributed by atoms with Crippen LogP contribution in [0.1, 0.15) is 54.4 Å². The summed E-state index contributed by atoms with van der Waals surface area (Å²) in [6.07, 6.45) is 6.95. The topological polar surface area (TPSA) is 0 Å². The van der Waals surface area contributed by atoms with Gasteiger partial charge in [-0.2, -0.15) is 0 Å². The summed E-state index contributed by atoms with van der Waals surface area (Å²) in [5, 5.41) is 2.01. The Bertz CT molecular complexity index is 460. The minimum absolute atomic E-state index is 1.01. The van der Waals surface area contributed by atoms with Crippen LogP contribution in [0.4, 0.5) is 0 Å². The fourth-order valence-electron chi connectivity index (χ4n) is 1.46. The molecule has 0 bridgehead atoms. The van der Waals surface area contributed by atoms with E-state index in [-0.39, 0.29) is 0 Å². The van der Waals surface area contributed by atoms with Crippen LogP contribution in [-0.4, -0.2) is 0 Å². The number of rotatable bonds is 0. The summed E-state index contributed by atoms with van der Waals surface area (Å²) in [5.74, 6) is 0. The molecule has 0 N–H and O–H groups in total. The van der Waals surface area contributed by atoms with Crippen molar-refractivity contribution in [3.8, 4) is 0 Å². The Balaban J connectivity index is 0. The van der Waals surface area contributed by atoms with Crippen LogP contribution in [0.5, 0.6) is 0 Å². The van der Waals surface area contributed by atoms with E-state index >= 15 is 0 Å². The molecule has 0 atom stereocenters. The Kier molecular flexibility index (Phi) is 14.4. The Morgan fingerprint density at radius 3 is 1.55 bits per heavy atom. The largest absolute Gasteiger partial charge is 0.0912 e. The second kappa shape index (κ2) is 13.9. The van der Waals surface area contributed by atoms with Gasteiger partial charge >= 0.3 is 0 Å². The lowest BCUT2D eigenvalue weighted by atomic mass is 10.0. The van der Waals surface area contributed by atoms with Gasteiger partial charge in [0.05, 0.1) is 0 Å². The molecule has 0 saturated heterocycles. The highest BCUT2D eigenvalue weighted by atomic mass is 14.0. The van der Waals surface area contributed by atoms with Crippen LogP contribution < -0.4 is 10.4 Å². The molecular weight excluding hydrogens is 240 g/mol. The van der Waals surface area contributed by atoms with Crippen molar-refractivity contribution in [1.82, 2.24) is 0 Å². The SMILES string of the molecule is C=c1ccccc1=C.CC.CC.CC1=C(C)CCC=C1. The van der Waals surface area contributed by atoms with E-state index in [4.69, 9.17) is 0 Å². The number of benzene rings is 1. The van der Waals surface area contributed by atoms with E-state index in [1.807, 2.05) is 52.0 Å². The molecule has 0 heteroatoms. The van der Waals surface area contributed by atoms with Crippen LogP contribution in [0.2, 0.25) is 0 Å². The Morgan fingerprint density at radius 2 is 1.30 bits per heavy atom. The van der Waals surface area contributed by atoms with Gasteiger partial charge in [0.1, 0.15) is 0 Å². The third kappa shape index (κ3) is 9.38. The second-order valence-electron chi connectivity index (χ2n) is 4.17. The summed E-state index contributed by atoms with van der Waals surface area (Å²) in [6, 6.07) is 7.80. The highest BCUT2D eigenvalue weighted by Gasteiger charge is 1.96. The molecule has 0 aromatic heterocycles. The molecular formula is C20H32. The van der Waals surface area contributed by atoms with Crippen LogP contribution in [-0.2, 0) is 0 Å². The predicted octanol–water partition coefficient (Wildman–Crippen LogP) is 5.23. The van der Waals surface area contributed by atoms with Gasteiger partial charge < -0.3 is 0 Å². The molecule has 1 aromatic rings. The zero-order valence-corrected chi connectivity index (χ0v) is 14.3. The van der Waals surface area contributed by atoms with Crippen LogP contribution in [0.3, 0.4) is 0 Å². The van der Waals surface area contributed by atoms with Crippen molar-refractivity contribution >= 4 is 13.2 Å². The summed E-state index contributed by atoms with van der Waals surface area (Å²) in [6.45, 7) is 19.9. The van der Waals surface area contributed by atoms with Crippen molar-refractivity contribution < 1.29 is 0 Å². The molecule has 20 heavy (non-hydrogen) atoms. The van der Waals surface area contributed by atoms with Crippen molar-refractivity contribution in [2.24, 2.45) is 0 Å². The molecule has 0 fully saturated rings. The fourth-order valence-corrected chi connectivity index (χ4v) is 1.46. The highest BCUT2D eigenvalue weighted by Crippen LogP contribution is 2.16. The molecule has 1 aliphatic carbocycles. The quantitative estimate of drug-likeness (QED) is 0.606. The number of hydrogen-bond donors (Lipinski definition) is 0. The third-order valence-corrected chi connectivity index (χ3v) is 2.85. The number of allylic oxidation sites excluding steroid dienone is 4. The first-order chi connectivity index (χ1) is 9.61. The molecule has 112 valence electrons. The van der Waals surface area contributed by atoms with Gasteiger partial charge in [0.2, 0.25) is 0 Å². The first-order valence-corrected chi connectivity index (χ1v) is 7.67. The lowest BCUT2D eigenvalue weighted by Crippen LogP contribution is -2.19. The van der Waals surface area contributed by atoms with Crippen LogP contribution in [0.25, 0.3) is 13.2 Å². The molecule has 1 aliphatic rings. The third-order valence-electron chi connectivity index (χ3n) is 2.85. The summed E-state index contributed by atoms with van der Waals surface area (Å²) < 4.78 is 0. The Labute approximate surface area is 126 Å². The standard InChI is InChI=1S/C8H12.C8H8.2C2H6/c2*1-7-5-3-4-6-8(7)2;2*1-2/h3,5H,4,6H2,1-2H3;3-6H,1-2H2;2*1-2H3. The maximum Gasteiger partial charge on any atom is -0.0262 e. The maximum atomic E-state index is 3.76. The molecule has 1 aromatic carbocycles. The van der Waals surface area contributed by atoms with E-state index in [2.05, 4.69) is 39.2 Å². The first-order valence-electron chi connectivity index (χ1n) is 7.67. The molecule has 0 heterocycles. The van der Waals surface area contributed by atoms with Gasteiger partial charge in [0.25, 0.3) is 0 Å². The molecule has 0 saturated carbocycles. The normalized spacial score (nSPS) is 12.1. The molecule has 2 rings (SSSR count).